The highest BCUT2D eigenvalue weighted by molar-refractivity contribution is 5.97. The lowest BCUT2D eigenvalue weighted by Gasteiger charge is -2.20. The van der Waals surface area contributed by atoms with E-state index in [1.807, 2.05) is 59.5 Å². The maximum Gasteiger partial charge on any atom is 0.227 e. The predicted octanol–water partition coefficient (Wildman–Crippen LogP) is 5.77. The molecule has 4 aromatic rings. The largest absolute Gasteiger partial charge is 0.495 e. The SMILES string of the molecule is COc1ccccc1N1CC(c2nc3ccccc3n2CCOc2ccc(C(C)C)cc2)CC1=O. The van der Waals surface area contributed by atoms with Gasteiger partial charge in [-0.3, -0.25) is 4.79 Å². The molecule has 35 heavy (non-hydrogen) atoms. The number of amides is 1. The summed E-state index contributed by atoms with van der Waals surface area (Å²) in [6, 6.07) is 24.1. The summed E-state index contributed by atoms with van der Waals surface area (Å²) in [5.74, 6) is 3.06. The van der Waals surface area contributed by atoms with Gasteiger partial charge in [-0.15, -0.1) is 0 Å². The highest BCUT2D eigenvalue weighted by Gasteiger charge is 2.35. The van der Waals surface area contributed by atoms with Gasteiger partial charge < -0.3 is 18.9 Å². The number of hydrogen-bond acceptors (Lipinski definition) is 4. The number of nitrogens with zero attached hydrogens (tertiary/aromatic N) is 3. The fourth-order valence-corrected chi connectivity index (χ4v) is 4.81. The summed E-state index contributed by atoms with van der Waals surface area (Å²) in [5.41, 5.74) is 4.10. The molecule has 1 aliphatic rings. The highest BCUT2D eigenvalue weighted by atomic mass is 16.5. The molecule has 1 unspecified atom stereocenters. The zero-order valence-corrected chi connectivity index (χ0v) is 20.5. The van der Waals surface area contributed by atoms with Gasteiger partial charge in [-0.25, -0.2) is 4.98 Å². The normalized spacial score (nSPS) is 15.8. The van der Waals surface area contributed by atoms with E-state index < -0.39 is 0 Å². The zero-order chi connectivity index (χ0) is 24.4. The molecule has 1 aliphatic heterocycles. The van der Waals surface area contributed by atoms with Crippen LogP contribution in [0.1, 0.15) is 43.5 Å². The first-order valence-electron chi connectivity index (χ1n) is 12.2. The summed E-state index contributed by atoms with van der Waals surface area (Å²) >= 11 is 0. The van der Waals surface area contributed by atoms with E-state index in [1.165, 1.54) is 5.56 Å². The van der Waals surface area contributed by atoms with Crippen molar-refractivity contribution in [3.63, 3.8) is 0 Å². The summed E-state index contributed by atoms with van der Waals surface area (Å²) in [4.78, 5) is 19.8. The molecule has 180 valence electrons. The van der Waals surface area contributed by atoms with Crippen molar-refractivity contribution in [1.82, 2.24) is 9.55 Å². The number of ether oxygens (including phenoxy) is 2. The number of imidazole rings is 1. The average Bonchev–Trinajstić information content (AvgIpc) is 3.44. The molecule has 5 rings (SSSR count). The number of benzene rings is 3. The molecule has 1 fully saturated rings. The number of para-hydroxylation sites is 4. The number of hydrogen-bond donors (Lipinski definition) is 0. The second-order valence-electron chi connectivity index (χ2n) is 9.26. The van der Waals surface area contributed by atoms with E-state index in [0.29, 0.717) is 37.8 Å². The minimum Gasteiger partial charge on any atom is -0.495 e. The molecule has 0 saturated carbocycles. The van der Waals surface area contributed by atoms with Gasteiger partial charge in [0.2, 0.25) is 5.91 Å². The highest BCUT2D eigenvalue weighted by Crippen LogP contribution is 2.37. The maximum atomic E-state index is 13.0. The van der Waals surface area contributed by atoms with E-state index in [2.05, 4.69) is 36.6 Å². The molecule has 3 aromatic carbocycles. The second-order valence-corrected chi connectivity index (χ2v) is 9.26. The molecular weight excluding hydrogens is 438 g/mol. The molecule has 6 heteroatoms. The minimum atomic E-state index is -0.00913. The Morgan fingerprint density at radius 2 is 1.74 bits per heavy atom. The van der Waals surface area contributed by atoms with Gasteiger partial charge in [0.25, 0.3) is 0 Å². The van der Waals surface area contributed by atoms with Crippen molar-refractivity contribution in [2.75, 3.05) is 25.2 Å². The van der Waals surface area contributed by atoms with Crippen LogP contribution in [0.5, 0.6) is 11.5 Å². The number of aromatic nitrogens is 2. The van der Waals surface area contributed by atoms with Crippen LogP contribution in [-0.4, -0.2) is 35.7 Å². The quantitative estimate of drug-likeness (QED) is 0.329. The Morgan fingerprint density at radius 3 is 2.51 bits per heavy atom. The summed E-state index contributed by atoms with van der Waals surface area (Å²) < 4.78 is 13.8. The van der Waals surface area contributed by atoms with Gasteiger partial charge in [0.05, 0.1) is 30.4 Å². The summed E-state index contributed by atoms with van der Waals surface area (Å²) in [6.07, 6.45) is 0.416. The van der Waals surface area contributed by atoms with Crippen molar-refractivity contribution in [2.24, 2.45) is 0 Å². The van der Waals surface area contributed by atoms with E-state index in [1.54, 1.807) is 7.11 Å². The molecule has 0 N–H and O–H groups in total. The van der Waals surface area contributed by atoms with Crippen LogP contribution in [0.3, 0.4) is 0 Å². The number of methoxy groups -OCH3 is 1. The van der Waals surface area contributed by atoms with Crippen molar-refractivity contribution >= 4 is 22.6 Å². The molecule has 1 aromatic heterocycles. The smallest absolute Gasteiger partial charge is 0.227 e. The van der Waals surface area contributed by atoms with Gasteiger partial charge in [0, 0.05) is 18.9 Å². The Labute approximate surface area is 206 Å². The van der Waals surface area contributed by atoms with Crippen LogP contribution in [0.2, 0.25) is 0 Å². The molecule has 0 radical (unpaired) electrons. The third-order valence-corrected chi connectivity index (χ3v) is 6.68. The number of rotatable bonds is 8. The van der Waals surface area contributed by atoms with Crippen LogP contribution in [0.4, 0.5) is 5.69 Å². The van der Waals surface area contributed by atoms with Gasteiger partial charge in [-0.1, -0.05) is 50.2 Å². The van der Waals surface area contributed by atoms with Crippen LogP contribution in [0.25, 0.3) is 11.0 Å². The predicted molar refractivity (Wildman–Crippen MR) is 138 cm³/mol. The topological polar surface area (TPSA) is 56.6 Å². The Bertz CT molecular complexity index is 1330. The zero-order valence-electron chi connectivity index (χ0n) is 20.5. The van der Waals surface area contributed by atoms with Crippen molar-refractivity contribution in [1.29, 1.82) is 0 Å². The van der Waals surface area contributed by atoms with Crippen LogP contribution in [0.15, 0.2) is 72.8 Å². The minimum absolute atomic E-state index is 0.00913. The van der Waals surface area contributed by atoms with E-state index in [0.717, 1.165) is 28.3 Å². The van der Waals surface area contributed by atoms with Crippen molar-refractivity contribution in [3.8, 4) is 11.5 Å². The lowest BCUT2D eigenvalue weighted by Crippen LogP contribution is -2.25. The first-order valence-corrected chi connectivity index (χ1v) is 12.2. The fourth-order valence-electron chi connectivity index (χ4n) is 4.81. The van der Waals surface area contributed by atoms with Gasteiger partial charge in [0.15, 0.2) is 0 Å². The fraction of sp³-hybridized carbons (Fsp3) is 0.310. The van der Waals surface area contributed by atoms with Crippen LogP contribution < -0.4 is 14.4 Å². The molecular formula is C29H31N3O3. The van der Waals surface area contributed by atoms with Crippen molar-refractivity contribution in [3.05, 3.63) is 84.2 Å². The maximum absolute atomic E-state index is 13.0. The number of fused-ring (bicyclic) bond motifs is 1. The lowest BCUT2D eigenvalue weighted by molar-refractivity contribution is -0.117. The van der Waals surface area contributed by atoms with Crippen molar-refractivity contribution < 1.29 is 14.3 Å². The summed E-state index contributed by atoms with van der Waals surface area (Å²) in [6.45, 7) is 6.11. The van der Waals surface area contributed by atoms with E-state index >= 15 is 0 Å². The molecule has 0 aliphatic carbocycles. The first kappa shape index (κ1) is 23.0. The Morgan fingerprint density at radius 1 is 1.00 bits per heavy atom. The lowest BCUT2D eigenvalue weighted by atomic mass is 10.0. The van der Waals surface area contributed by atoms with Crippen LogP contribution in [-0.2, 0) is 11.3 Å². The molecule has 6 nitrogen and oxygen atoms in total. The average molecular weight is 470 g/mol. The van der Waals surface area contributed by atoms with Gasteiger partial charge in [-0.2, -0.15) is 0 Å². The Kier molecular flexibility index (Phi) is 6.45. The Balaban J connectivity index is 1.37. The summed E-state index contributed by atoms with van der Waals surface area (Å²) in [5, 5.41) is 0. The molecule has 0 spiro atoms. The molecule has 1 atom stereocenters. The number of carbonyl (C=O) groups excluding carboxylic acids is 1. The summed E-state index contributed by atoms with van der Waals surface area (Å²) in [7, 11) is 1.63. The van der Waals surface area contributed by atoms with Crippen LogP contribution in [0, 0.1) is 0 Å². The van der Waals surface area contributed by atoms with Gasteiger partial charge in [-0.05, 0) is 47.9 Å². The van der Waals surface area contributed by atoms with Gasteiger partial charge >= 0.3 is 0 Å². The first-order chi connectivity index (χ1) is 17.0. The van der Waals surface area contributed by atoms with E-state index in [9.17, 15) is 4.79 Å². The van der Waals surface area contributed by atoms with E-state index in [4.69, 9.17) is 14.5 Å². The second kappa shape index (κ2) is 9.82. The van der Waals surface area contributed by atoms with Gasteiger partial charge in [0.1, 0.15) is 23.9 Å². The number of anilines is 1. The molecule has 1 amide bonds. The van der Waals surface area contributed by atoms with E-state index in [-0.39, 0.29) is 11.8 Å². The van der Waals surface area contributed by atoms with Crippen LogP contribution >= 0.6 is 0 Å². The standard InChI is InChI=1S/C29H31N3O3/c1-20(2)21-12-14-23(15-13-21)35-17-16-31-25-9-5-4-8-24(25)30-29(31)22-18-28(33)32(19-22)26-10-6-7-11-27(26)34-3/h4-15,20,22H,16-19H2,1-3H3. The third-order valence-electron chi connectivity index (χ3n) is 6.68. The number of carbonyl (C=O) groups is 1. The van der Waals surface area contributed by atoms with Crippen molar-refractivity contribution in [2.45, 2.75) is 38.6 Å². The third kappa shape index (κ3) is 4.61. The molecule has 0 bridgehead atoms. The Hall–Kier alpha value is -3.80. The molecule has 2 heterocycles. The monoisotopic (exact) mass is 469 g/mol. The molecule has 1 saturated heterocycles.